The lowest BCUT2D eigenvalue weighted by molar-refractivity contribution is -0.141. The van der Waals surface area contributed by atoms with Crippen molar-refractivity contribution in [2.45, 2.75) is 25.6 Å². The lowest BCUT2D eigenvalue weighted by Gasteiger charge is -2.45. The Balaban J connectivity index is 1.56. The van der Waals surface area contributed by atoms with Gasteiger partial charge in [-0.05, 0) is 55.0 Å². The van der Waals surface area contributed by atoms with E-state index in [9.17, 15) is 22.4 Å². The Labute approximate surface area is 228 Å². The number of piperazine rings is 1. The van der Waals surface area contributed by atoms with Crippen molar-refractivity contribution in [3.05, 3.63) is 89.0 Å². The van der Waals surface area contributed by atoms with E-state index >= 15 is 4.39 Å². The Morgan fingerprint density at radius 1 is 0.925 bits per heavy atom. The summed E-state index contributed by atoms with van der Waals surface area (Å²) in [4.78, 5) is 22.6. The largest absolute Gasteiger partial charge is 0.469 e. The number of anilines is 2. The van der Waals surface area contributed by atoms with Gasteiger partial charge in [0.25, 0.3) is 0 Å². The van der Waals surface area contributed by atoms with Crippen LogP contribution in [0.2, 0.25) is 0 Å². The van der Waals surface area contributed by atoms with Crippen LogP contribution in [-0.2, 0) is 15.7 Å². The summed E-state index contributed by atoms with van der Waals surface area (Å²) in [6.07, 6.45) is -4.83. The summed E-state index contributed by atoms with van der Waals surface area (Å²) in [6.45, 7) is 3.50. The summed E-state index contributed by atoms with van der Waals surface area (Å²) in [6, 6.07) is 13.1. The number of guanidine groups is 1. The molecule has 0 radical (unpaired) electrons. The van der Waals surface area contributed by atoms with Crippen molar-refractivity contribution in [2.24, 2.45) is 4.99 Å². The Morgan fingerprint density at radius 2 is 1.62 bits per heavy atom. The van der Waals surface area contributed by atoms with Gasteiger partial charge in [-0.15, -0.1) is 0 Å². The van der Waals surface area contributed by atoms with E-state index in [0.29, 0.717) is 37.3 Å². The van der Waals surface area contributed by atoms with E-state index in [2.05, 4.69) is 9.89 Å². The Kier molecular flexibility index (Phi) is 7.39. The highest BCUT2D eigenvalue weighted by atomic mass is 19.4. The molecular formula is C29H27F5N4O2. The lowest BCUT2D eigenvalue weighted by atomic mass is 9.97. The first kappa shape index (κ1) is 27.4. The number of ether oxygens (including phenoxy) is 1. The average Bonchev–Trinajstić information content (AvgIpc) is 2.94. The molecule has 1 unspecified atom stereocenters. The second kappa shape index (κ2) is 10.8. The van der Waals surface area contributed by atoms with E-state index in [1.54, 1.807) is 30.0 Å². The fraction of sp³-hybridized carbons (Fsp3) is 0.310. The summed E-state index contributed by atoms with van der Waals surface area (Å²) in [5.41, 5.74) is 1.07. The number of methoxy groups -OCH3 is 1. The van der Waals surface area contributed by atoms with Gasteiger partial charge in [0.05, 0.1) is 25.1 Å². The van der Waals surface area contributed by atoms with E-state index < -0.39 is 29.6 Å². The van der Waals surface area contributed by atoms with Crippen LogP contribution in [0.15, 0.2) is 65.7 Å². The number of fused-ring (bicyclic) bond motifs is 1. The number of rotatable bonds is 4. The van der Waals surface area contributed by atoms with Crippen LogP contribution in [-0.4, -0.2) is 50.1 Å². The fourth-order valence-electron chi connectivity index (χ4n) is 5.13. The van der Waals surface area contributed by atoms with Gasteiger partial charge in [-0.25, -0.2) is 13.8 Å². The van der Waals surface area contributed by atoms with Crippen molar-refractivity contribution in [1.82, 2.24) is 4.90 Å². The number of aliphatic imine (C=N–C) groups is 1. The van der Waals surface area contributed by atoms with Crippen molar-refractivity contribution >= 4 is 29.0 Å². The molecule has 0 saturated carbocycles. The molecule has 0 spiro atoms. The quantitative estimate of drug-likeness (QED) is 0.281. The topological polar surface area (TPSA) is 48.4 Å². The summed E-state index contributed by atoms with van der Waals surface area (Å²) < 4.78 is 74.8. The highest BCUT2D eigenvalue weighted by Gasteiger charge is 2.39. The minimum absolute atomic E-state index is 0.0335. The molecule has 40 heavy (non-hydrogen) atoms. The number of nitrogens with zero attached hydrogens (tertiary/aromatic N) is 4. The predicted molar refractivity (Wildman–Crippen MR) is 142 cm³/mol. The highest BCUT2D eigenvalue weighted by molar-refractivity contribution is 6.01. The molecule has 1 fully saturated rings. The van der Waals surface area contributed by atoms with Gasteiger partial charge in [0, 0.05) is 43.1 Å². The van der Waals surface area contributed by atoms with Crippen LogP contribution in [0.25, 0.3) is 0 Å². The molecule has 0 N–H and O–H groups in total. The summed E-state index contributed by atoms with van der Waals surface area (Å²) in [5.74, 6) is -1.27. The number of halogens is 5. The van der Waals surface area contributed by atoms with Crippen molar-refractivity contribution in [1.29, 1.82) is 0 Å². The Bertz CT molecular complexity index is 1450. The van der Waals surface area contributed by atoms with Crippen molar-refractivity contribution < 1.29 is 31.5 Å². The third kappa shape index (κ3) is 5.32. The van der Waals surface area contributed by atoms with Gasteiger partial charge in [-0.3, -0.25) is 4.79 Å². The number of benzene rings is 3. The molecule has 1 atom stereocenters. The number of para-hydroxylation sites is 1. The predicted octanol–water partition coefficient (Wildman–Crippen LogP) is 6.23. The number of carbonyl (C=O) groups is 1. The second-order valence-corrected chi connectivity index (χ2v) is 9.71. The van der Waals surface area contributed by atoms with E-state index in [0.717, 1.165) is 17.8 Å². The first-order valence-electron chi connectivity index (χ1n) is 12.7. The van der Waals surface area contributed by atoms with E-state index in [-0.39, 0.29) is 29.6 Å². The average molecular weight is 559 g/mol. The minimum atomic E-state index is -4.59. The van der Waals surface area contributed by atoms with Gasteiger partial charge in [-0.1, -0.05) is 18.2 Å². The van der Waals surface area contributed by atoms with Gasteiger partial charge in [-0.2, -0.15) is 13.2 Å². The van der Waals surface area contributed by atoms with Crippen LogP contribution in [0.5, 0.6) is 0 Å². The smallest absolute Gasteiger partial charge is 0.416 e. The van der Waals surface area contributed by atoms with Crippen LogP contribution >= 0.6 is 0 Å². The number of alkyl halides is 3. The minimum Gasteiger partial charge on any atom is -0.469 e. The maximum atomic E-state index is 15.1. The summed E-state index contributed by atoms with van der Waals surface area (Å²) in [7, 11) is 1.22. The van der Waals surface area contributed by atoms with Crippen LogP contribution in [0, 0.1) is 18.6 Å². The van der Waals surface area contributed by atoms with E-state index in [1.165, 1.54) is 37.4 Å². The normalized spacial score (nSPS) is 17.4. The van der Waals surface area contributed by atoms with Crippen LogP contribution in [0.4, 0.5) is 39.0 Å². The highest BCUT2D eigenvalue weighted by Crippen LogP contribution is 2.43. The van der Waals surface area contributed by atoms with Gasteiger partial charge >= 0.3 is 12.1 Å². The molecule has 0 amide bonds. The molecule has 0 bridgehead atoms. The summed E-state index contributed by atoms with van der Waals surface area (Å²) >= 11 is 0. The Morgan fingerprint density at radius 3 is 2.30 bits per heavy atom. The number of hydrogen-bond donors (Lipinski definition) is 0. The van der Waals surface area contributed by atoms with Crippen LogP contribution < -0.4 is 9.80 Å². The number of aryl methyl sites for hydroxylation is 1. The van der Waals surface area contributed by atoms with Gasteiger partial charge in [0.1, 0.15) is 17.3 Å². The maximum Gasteiger partial charge on any atom is 0.416 e. The van der Waals surface area contributed by atoms with E-state index in [1.807, 2.05) is 4.90 Å². The van der Waals surface area contributed by atoms with Crippen LogP contribution in [0.1, 0.15) is 29.2 Å². The molecule has 2 aliphatic rings. The van der Waals surface area contributed by atoms with Gasteiger partial charge < -0.3 is 19.4 Å². The van der Waals surface area contributed by atoms with Crippen molar-refractivity contribution in [2.75, 3.05) is 43.1 Å². The standard InChI is InChI=1S/C29H27F5N4O2/c1-18-15-20(9-10-23(18)30)36-11-13-37(14-12-36)28-35-27-22(7-4-8-24(27)31)25(17-26(39)40-2)38(28)21-6-3-5-19(16-21)29(32,33)34/h3-10,15-16,25H,11-14,17H2,1-2H3. The SMILES string of the molecule is COC(=O)CC1c2cccc(F)c2N=C(N2CCN(c3ccc(F)c(C)c3)CC2)N1c1cccc(C(F)(F)F)c1. The molecule has 5 rings (SSSR count). The molecule has 11 heteroatoms. The molecule has 3 aromatic rings. The fourth-order valence-corrected chi connectivity index (χ4v) is 5.13. The zero-order valence-electron chi connectivity index (χ0n) is 21.9. The zero-order valence-corrected chi connectivity index (χ0v) is 21.9. The first-order valence-corrected chi connectivity index (χ1v) is 12.7. The molecule has 0 aliphatic carbocycles. The molecular weight excluding hydrogens is 531 g/mol. The number of carbonyl (C=O) groups excluding carboxylic acids is 1. The van der Waals surface area contributed by atoms with E-state index in [4.69, 9.17) is 4.74 Å². The third-order valence-corrected chi connectivity index (χ3v) is 7.22. The second-order valence-electron chi connectivity index (χ2n) is 9.71. The molecule has 2 heterocycles. The molecule has 210 valence electrons. The number of hydrogen-bond acceptors (Lipinski definition) is 6. The van der Waals surface area contributed by atoms with Crippen LogP contribution in [0.3, 0.4) is 0 Å². The molecule has 2 aliphatic heterocycles. The number of esters is 1. The van der Waals surface area contributed by atoms with Gasteiger partial charge in [0.2, 0.25) is 5.96 Å². The maximum absolute atomic E-state index is 15.1. The molecule has 1 saturated heterocycles. The first-order chi connectivity index (χ1) is 19.1. The third-order valence-electron chi connectivity index (χ3n) is 7.22. The van der Waals surface area contributed by atoms with Crippen molar-refractivity contribution in [3.8, 4) is 0 Å². The Hall–Kier alpha value is -4.15. The lowest BCUT2D eigenvalue weighted by Crippen LogP contribution is -2.55. The molecule has 0 aromatic heterocycles. The monoisotopic (exact) mass is 558 g/mol. The van der Waals surface area contributed by atoms with Crippen molar-refractivity contribution in [3.63, 3.8) is 0 Å². The molecule has 3 aromatic carbocycles. The zero-order chi connectivity index (χ0) is 28.6. The molecule has 6 nitrogen and oxygen atoms in total. The summed E-state index contributed by atoms with van der Waals surface area (Å²) in [5, 5.41) is 0. The van der Waals surface area contributed by atoms with Gasteiger partial charge in [0.15, 0.2) is 0 Å².